The largest absolute Gasteiger partial charge is 0.0805 e. The molecule has 0 N–H and O–H groups in total. The van der Waals surface area contributed by atoms with Gasteiger partial charge in [-0.05, 0) is 19.3 Å². The van der Waals surface area contributed by atoms with E-state index >= 15 is 0 Å². The SMILES string of the molecule is CCCCC1=CC=CC1.[Na]. The molecule has 0 amide bonds. The minimum absolute atomic E-state index is 0. The summed E-state index contributed by atoms with van der Waals surface area (Å²) in [7, 11) is 0. The first-order valence-electron chi connectivity index (χ1n) is 3.78. The third kappa shape index (κ3) is 3.60. The van der Waals surface area contributed by atoms with Gasteiger partial charge in [-0.15, -0.1) is 0 Å². The van der Waals surface area contributed by atoms with E-state index < -0.39 is 0 Å². The second kappa shape index (κ2) is 6.21. The summed E-state index contributed by atoms with van der Waals surface area (Å²) in [6, 6.07) is 0. The molecule has 1 aliphatic carbocycles. The molecule has 0 aromatic carbocycles. The van der Waals surface area contributed by atoms with E-state index in [1.54, 1.807) is 5.57 Å². The molecule has 0 aromatic rings. The Morgan fingerprint density at radius 3 is 2.80 bits per heavy atom. The van der Waals surface area contributed by atoms with Gasteiger partial charge in [0.25, 0.3) is 0 Å². The third-order valence-electron chi connectivity index (χ3n) is 1.70. The van der Waals surface area contributed by atoms with Crippen LogP contribution in [-0.2, 0) is 0 Å². The molecule has 1 radical (unpaired) electrons. The fourth-order valence-electron chi connectivity index (χ4n) is 1.08. The molecular formula is C9H14Na. The summed E-state index contributed by atoms with van der Waals surface area (Å²) in [5.41, 5.74) is 1.61. The van der Waals surface area contributed by atoms with E-state index in [1.807, 2.05) is 0 Å². The first-order chi connectivity index (χ1) is 4.43. The molecule has 0 unspecified atom stereocenters. The monoisotopic (exact) mass is 145 g/mol. The maximum atomic E-state index is 2.25. The van der Waals surface area contributed by atoms with E-state index in [1.165, 1.54) is 25.7 Å². The molecule has 0 fully saturated rings. The summed E-state index contributed by atoms with van der Waals surface area (Å²) in [6.07, 6.45) is 11.8. The van der Waals surface area contributed by atoms with Crippen LogP contribution in [0.2, 0.25) is 0 Å². The average molecular weight is 145 g/mol. The Labute approximate surface area is 85.7 Å². The van der Waals surface area contributed by atoms with E-state index in [9.17, 15) is 0 Å². The molecule has 0 atom stereocenters. The summed E-state index contributed by atoms with van der Waals surface area (Å²) in [4.78, 5) is 0. The Morgan fingerprint density at radius 2 is 2.30 bits per heavy atom. The van der Waals surface area contributed by atoms with Crippen LogP contribution in [0.15, 0.2) is 23.8 Å². The van der Waals surface area contributed by atoms with Crippen molar-refractivity contribution in [3.8, 4) is 0 Å². The van der Waals surface area contributed by atoms with Crippen LogP contribution in [0.3, 0.4) is 0 Å². The van der Waals surface area contributed by atoms with Crippen LogP contribution in [0.1, 0.15) is 32.6 Å². The molecule has 51 valence electrons. The van der Waals surface area contributed by atoms with Crippen molar-refractivity contribution in [3.05, 3.63) is 23.8 Å². The van der Waals surface area contributed by atoms with Gasteiger partial charge in [0, 0.05) is 29.6 Å². The molecular weight excluding hydrogens is 131 g/mol. The first-order valence-corrected chi connectivity index (χ1v) is 3.78. The standard InChI is InChI=1S/C9H14.Na/c1-2-3-6-9-7-4-5-8-9;/h4-5,7H,2-3,6,8H2,1H3;. The van der Waals surface area contributed by atoms with Crippen LogP contribution in [0, 0.1) is 0 Å². The molecule has 0 aliphatic heterocycles. The first kappa shape index (κ1) is 10.5. The summed E-state index contributed by atoms with van der Waals surface area (Å²) in [6.45, 7) is 2.24. The molecule has 10 heavy (non-hydrogen) atoms. The van der Waals surface area contributed by atoms with Crippen molar-refractivity contribution in [1.29, 1.82) is 0 Å². The zero-order valence-corrected chi connectivity index (χ0v) is 9.06. The normalized spacial score (nSPS) is 14.7. The van der Waals surface area contributed by atoms with Crippen LogP contribution in [-0.4, -0.2) is 29.6 Å². The number of unbranched alkanes of at least 4 members (excludes halogenated alkanes) is 1. The smallest absolute Gasteiger partial charge is 0 e. The van der Waals surface area contributed by atoms with Crippen molar-refractivity contribution in [1.82, 2.24) is 0 Å². The zero-order valence-electron chi connectivity index (χ0n) is 7.06. The topological polar surface area (TPSA) is 0 Å². The second-order valence-electron chi connectivity index (χ2n) is 2.56. The Bertz CT molecular complexity index is 134. The molecule has 0 nitrogen and oxygen atoms in total. The van der Waals surface area contributed by atoms with E-state index in [0.717, 1.165) is 0 Å². The van der Waals surface area contributed by atoms with E-state index in [0.29, 0.717) is 0 Å². The van der Waals surface area contributed by atoms with Gasteiger partial charge in [-0.25, -0.2) is 0 Å². The Balaban J connectivity index is 0.000000810. The fraction of sp³-hybridized carbons (Fsp3) is 0.556. The summed E-state index contributed by atoms with van der Waals surface area (Å²) in [5.74, 6) is 0. The predicted molar refractivity (Wildman–Crippen MR) is 47.1 cm³/mol. The molecule has 0 aromatic heterocycles. The van der Waals surface area contributed by atoms with E-state index in [-0.39, 0.29) is 29.6 Å². The Hall–Kier alpha value is 0.480. The van der Waals surface area contributed by atoms with Gasteiger partial charge in [0.1, 0.15) is 0 Å². The summed E-state index contributed by atoms with van der Waals surface area (Å²) >= 11 is 0. The number of rotatable bonds is 3. The van der Waals surface area contributed by atoms with Gasteiger partial charge < -0.3 is 0 Å². The van der Waals surface area contributed by atoms with E-state index in [4.69, 9.17) is 0 Å². The third-order valence-corrected chi connectivity index (χ3v) is 1.70. The minimum atomic E-state index is 0. The van der Waals surface area contributed by atoms with Gasteiger partial charge in [-0.1, -0.05) is 37.1 Å². The number of hydrogen-bond acceptors (Lipinski definition) is 0. The van der Waals surface area contributed by atoms with Gasteiger partial charge >= 0.3 is 0 Å². The quantitative estimate of drug-likeness (QED) is 0.535. The summed E-state index contributed by atoms with van der Waals surface area (Å²) in [5, 5.41) is 0. The van der Waals surface area contributed by atoms with Gasteiger partial charge in [0.05, 0.1) is 0 Å². The molecule has 0 saturated heterocycles. The van der Waals surface area contributed by atoms with Crippen LogP contribution in [0.4, 0.5) is 0 Å². The van der Waals surface area contributed by atoms with Crippen molar-refractivity contribution in [3.63, 3.8) is 0 Å². The molecule has 0 spiro atoms. The average Bonchev–Trinajstić information content (AvgIpc) is 2.34. The number of hydrogen-bond donors (Lipinski definition) is 0. The second-order valence-corrected chi connectivity index (χ2v) is 2.56. The Morgan fingerprint density at radius 1 is 1.50 bits per heavy atom. The maximum Gasteiger partial charge on any atom is 0 e. The van der Waals surface area contributed by atoms with Gasteiger partial charge in [0.15, 0.2) is 0 Å². The minimum Gasteiger partial charge on any atom is -0.0805 e. The van der Waals surface area contributed by atoms with E-state index in [2.05, 4.69) is 25.2 Å². The summed E-state index contributed by atoms with van der Waals surface area (Å²) < 4.78 is 0. The van der Waals surface area contributed by atoms with Crippen molar-refractivity contribution >= 4 is 29.6 Å². The number of allylic oxidation sites excluding steroid dienone is 4. The van der Waals surface area contributed by atoms with Gasteiger partial charge in [0.2, 0.25) is 0 Å². The van der Waals surface area contributed by atoms with Crippen molar-refractivity contribution in [2.45, 2.75) is 32.6 Å². The predicted octanol–water partition coefficient (Wildman–Crippen LogP) is 2.68. The molecule has 0 heterocycles. The van der Waals surface area contributed by atoms with Crippen LogP contribution in [0.5, 0.6) is 0 Å². The van der Waals surface area contributed by atoms with Crippen LogP contribution < -0.4 is 0 Å². The van der Waals surface area contributed by atoms with Crippen molar-refractivity contribution in [2.24, 2.45) is 0 Å². The van der Waals surface area contributed by atoms with Gasteiger partial charge in [-0.2, -0.15) is 0 Å². The molecule has 1 heteroatoms. The Kier molecular flexibility index (Phi) is 6.50. The van der Waals surface area contributed by atoms with Crippen molar-refractivity contribution < 1.29 is 0 Å². The fourth-order valence-corrected chi connectivity index (χ4v) is 1.08. The maximum absolute atomic E-state index is 2.25. The molecule has 0 bridgehead atoms. The van der Waals surface area contributed by atoms with Crippen LogP contribution >= 0.6 is 0 Å². The van der Waals surface area contributed by atoms with Gasteiger partial charge in [-0.3, -0.25) is 0 Å². The zero-order chi connectivity index (χ0) is 6.53. The molecule has 1 rings (SSSR count). The van der Waals surface area contributed by atoms with Crippen molar-refractivity contribution in [2.75, 3.05) is 0 Å². The van der Waals surface area contributed by atoms with Crippen LogP contribution in [0.25, 0.3) is 0 Å². The molecule has 1 aliphatic rings. The molecule has 0 saturated carbocycles.